The summed E-state index contributed by atoms with van der Waals surface area (Å²) in [5.74, 6) is 1.74. The molecule has 1 N–H and O–H groups in total. The van der Waals surface area contributed by atoms with Gasteiger partial charge in [0.2, 0.25) is 0 Å². The normalized spacial score (nSPS) is 12.4. The monoisotopic (exact) mass is 318 g/mol. The van der Waals surface area contributed by atoms with Gasteiger partial charge in [0.25, 0.3) is 0 Å². The third-order valence-corrected chi connectivity index (χ3v) is 4.15. The van der Waals surface area contributed by atoms with E-state index in [2.05, 4.69) is 29.9 Å². The van der Waals surface area contributed by atoms with Crippen molar-refractivity contribution in [1.82, 2.24) is 9.97 Å². The highest BCUT2D eigenvalue weighted by molar-refractivity contribution is 7.99. The Bertz CT molecular complexity index is 587. The van der Waals surface area contributed by atoms with Crippen molar-refractivity contribution in [2.24, 2.45) is 0 Å². The average molecular weight is 318 g/mol. The summed E-state index contributed by atoms with van der Waals surface area (Å²) in [6.07, 6.45) is 2.99. The third kappa shape index (κ3) is 5.00. The second-order valence-electron chi connectivity index (χ2n) is 5.51. The quantitative estimate of drug-likeness (QED) is 0.626. The summed E-state index contributed by atoms with van der Waals surface area (Å²) in [6.45, 7) is 6.47. The topological polar surface area (TPSA) is 55.2 Å². The molecular weight excluding hydrogens is 296 g/mol. The zero-order chi connectivity index (χ0) is 15.9. The van der Waals surface area contributed by atoms with Gasteiger partial charge in [-0.1, -0.05) is 43.8 Å². The highest BCUT2D eigenvalue weighted by atomic mass is 32.2. The number of para-hydroxylation sites is 1. The highest BCUT2D eigenvalue weighted by Crippen LogP contribution is 2.26. The summed E-state index contributed by atoms with van der Waals surface area (Å²) in [4.78, 5) is 8.41. The Balaban J connectivity index is 1.83. The Labute approximate surface area is 136 Å². The number of nitrogens with zero attached hydrogens (tertiary/aromatic N) is 2. The van der Waals surface area contributed by atoms with Crippen molar-refractivity contribution in [2.75, 3.05) is 12.4 Å². The van der Waals surface area contributed by atoms with Crippen LogP contribution in [0.3, 0.4) is 0 Å². The van der Waals surface area contributed by atoms with Crippen LogP contribution in [0.5, 0.6) is 5.75 Å². The Morgan fingerprint density at radius 2 is 1.86 bits per heavy atom. The third-order valence-electron chi connectivity index (χ3n) is 3.13. The maximum Gasteiger partial charge on any atom is 0.187 e. The fourth-order valence-corrected chi connectivity index (χ4v) is 2.64. The van der Waals surface area contributed by atoms with Crippen molar-refractivity contribution in [3.63, 3.8) is 0 Å². The van der Waals surface area contributed by atoms with Crippen molar-refractivity contribution >= 4 is 11.8 Å². The lowest BCUT2D eigenvalue weighted by molar-refractivity contribution is 0.125. The van der Waals surface area contributed by atoms with E-state index in [0.29, 0.717) is 16.8 Å². The number of benzene rings is 1. The Hall–Kier alpha value is -1.59. The van der Waals surface area contributed by atoms with Gasteiger partial charge in [0.15, 0.2) is 5.16 Å². The van der Waals surface area contributed by atoms with Crippen LogP contribution in [0.4, 0.5) is 0 Å². The summed E-state index contributed by atoms with van der Waals surface area (Å²) >= 11 is 1.43. The zero-order valence-electron chi connectivity index (χ0n) is 13.2. The minimum Gasteiger partial charge on any atom is -0.491 e. The number of thioether (sulfide) groups is 1. The molecule has 2 rings (SSSR count). The number of rotatable bonds is 7. The van der Waals surface area contributed by atoms with Gasteiger partial charge in [0.1, 0.15) is 12.4 Å². The summed E-state index contributed by atoms with van der Waals surface area (Å²) in [5.41, 5.74) is 2.18. The first-order chi connectivity index (χ1) is 10.6. The zero-order valence-corrected chi connectivity index (χ0v) is 14.0. The minimum absolute atomic E-state index is 0.266. The van der Waals surface area contributed by atoms with Gasteiger partial charge >= 0.3 is 0 Å². The predicted octanol–water partition coefficient (Wildman–Crippen LogP) is 3.44. The molecule has 4 nitrogen and oxygen atoms in total. The molecule has 0 fully saturated rings. The highest BCUT2D eigenvalue weighted by Gasteiger charge is 2.11. The van der Waals surface area contributed by atoms with Crippen LogP contribution in [0.2, 0.25) is 0 Å². The van der Waals surface area contributed by atoms with E-state index in [4.69, 9.17) is 4.74 Å². The summed E-state index contributed by atoms with van der Waals surface area (Å²) in [6, 6.07) is 7.95. The van der Waals surface area contributed by atoms with Gasteiger partial charge in [-0.25, -0.2) is 9.97 Å². The lowest BCUT2D eigenvalue weighted by atomic mass is 10.0. The van der Waals surface area contributed by atoms with Crippen molar-refractivity contribution in [3.05, 3.63) is 47.8 Å². The molecule has 0 amide bonds. The number of ether oxygens (including phenoxy) is 1. The first-order valence-electron chi connectivity index (χ1n) is 7.37. The van der Waals surface area contributed by atoms with E-state index in [1.807, 2.05) is 25.1 Å². The molecule has 5 heteroatoms. The Morgan fingerprint density at radius 3 is 2.55 bits per heavy atom. The largest absolute Gasteiger partial charge is 0.491 e. The lowest BCUT2D eigenvalue weighted by Crippen LogP contribution is -2.20. The molecule has 0 radical (unpaired) electrons. The molecule has 1 aromatic carbocycles. The predicted molar refractivity (Wildman–Crippen MR) is 89.5 cm³/mol. The van der Waals surface area contributed by atoms with E-state index in [1.165, 1.54) is 11.8 Å². The molecular formula is C17H22N2O2S. The standard InChI is InChI=1S/C17H22N2O2S/c1-12(2)15-6-4-5-7-16(15)21-10-14(20)11-22-17-18-8-13(3)9-19-17/h4-9,12,14,20H,10-11H2,1-3H3. The van der Waals surface area contributed by atoms with Gasteiger partial charge < -0.3 is 9.84 Å². The number of aliphatic hydroxyl groups excluding tert-OH is 1. The fourth-order valence-electron chi connectivity index (χ4n) is 1.95. The summed E-state index contributed by atoms with van der Waals surface area (Å²) < 4.78 is 5.76. The summed E-state index contributed by atoms with van der Waals surface area (Å²) in [5, 5.41) is 10.7. The van der Waals surface area contributed by atoms with Crippen LogP contribution in [0.25, 0.3) is 0 Å². The minimum atomic E-state index is -0.560. The number of aliphatic hydroxyl groups is 1. The van der Waals surface area contributed by atoms with Crippen LogP contribution in [-0.2, 0) is 0 Å². The SMILES string of the molecule is Cc1cnc(SCC(O)COc2ccccc2C(C)C)nc1. The van der Waals surface area contributed by atoms with Crippen LogP contribution >= 0.6 is 11.8 Å². The number of hydrogen-bond donors (Lipinski definition) is 1. The van der Waals surface area contributed by atoms with Crippen molar-refractivity contribution in [1.29, 1.82) is 0 Å². The lowest BCUT2D eigenvalue weighted by Gasteiger charge is -2.16. The van der Waals surface area contributed by atoms with Gasteiger partial charge in [-0.2, -0.15) is 0 Å². The van der Waals surface area contributed by atoms with Crippen molar-refractivity contribution in [2.45, 2.75) is 37.9 Å². The van der Waals surface area contributed by atoms with Crippen LogP contribution in [0.15, 0.2) is 41.8 Å². The molecule has 1 heterocycles. The van der Waals surface area contributed by atoms with Gasteiger partial charge in [-0.05, 0) is 30.0 Å². The van der Waals surface area contributed by atoms with Gasteiger partial charge in [0, 0.05) is 18.1 Å². The van der Waals surface area contributed by atoms with Gasteiger partial charge in [0.05, 0.1) is 6.10 Å². The second kappa shape index (κ2) is 8.15. The fraction of sp³-hybridized carbons (Fsp3) is 0.412. The van der Waals surface area contributed by atoms with Crippen LogP contribution in [0, 0.1) is 6.92 Å². The Kier molecular flexibility index (Phi) is 6.21. The molecule has 22 heavy (non-hydrogen) atoms. The molecule has 0 bridgehead atoms. The molecule has 0 saturated heterocycles. The molecule has 0 aliphatic carbocycles. The van der Waals surface area contributed by atoms with Gasteiger partial charge in [-0.15, -0.1) is 0 Å². The Morgan fingerprint density at radius 1 is 1.18 bits per heavy atom. The van der Waals surface area contributed by atoms with Gasteiger partial charge in [-0.3, -0.25) is 0 Å². The molecule has 0 saturated carbocycles. The maximum atomic E-state index is 10.1. The molecule has 0 aliphatic heterocycles. The number of aromatic nitrogens is 2. The van der Waals surface area contributed by atoms with E-state index in [0.717, 1.165) is 16.9 Å². The molecule has 0 spiro atoms. The molecule has 1 atom stereocenters. The van der Waals surface area contributed by atoms with Crippen LogP contribution in [0.1, 0.15) is 30.9 Å². The van der Waals surface area contributed by atoms with Crippen LogP contribution in [-0.4, -0.2) is 33.5 Å². The molecule has 2 aromatic rings. The summed E-state index contributed by atoms with van der Waals surface area (Å²) in [7, 11) is 0. The number of hydrogen-bond acceptors (Lipinski definition) is 5. The maximum absolute atomic E-state index is 10.1. The average Bonchev–Trinajstić information content (AvgIpc) is 2.52. The first-order valence-corrected chi connectivity index (χ1v) is 8.36. The van der Waals surface area contributed by atoms with E-state index in [1.54, 1.807) is 12.4 Å². The molecule has 118 valence electrons. The number of aryl methyl sites for hydroxylation is 1. The smallest absolute Gasteiger partial charge is 0.187 e. The van der Waals surface area contributed by atoms with E-state index < -0.39 is 6.10 Å². The van der Waals surface area contributed by atoms with Crippen molar-refractivity contribution < 1.29 is 9.84 Å². The first kappa shape index (κ1) is 16.8. The molecule has 1 aromatic heterocycles. The van der Waals surface area contributed by atoms with Crippen molar-refractivity contribution in [3.8, 4) is 5.75 Å². The molecule has 0 aliphatic rings. The van der Waals surface area contributed by atoms with E-state index in [-0.39, 0.29) is 6.61 Å². The molecule has 1 unspecified atom stereocenters. The van der Waals surface area contributed by atoms with E-state index in [9.17, 15) is 5.11 Å². The second-order valence-corrected chi connectivity index (χ2v) is 6.50. The van der Waals surface area contributed by atoms with Crippen LogP contribution < -0.4 is 4.74 Å². The van der Waals surface area contributed by atoms with E-state index >= 15 is 0 Å².